The molecule has 0 fully saturated rings. The maximum absolute atomic E-state index is 5.48. The van der Waals surface area contributed by atoms with E-state index in [9.17, 15) is 0 Å². The van der Waals surface area contributed by atoms with Crippen LogP contribution < -0.4 is 0 Å². The second kappa shape index (κ2) is 10.4. The number of hydrogen-bond acceptors (Lipinski definition) is 2. The van der Waals surface area contributed by atoms with Crippen molar-refractivity contribution in [2.45, 2.75) is 6.92 Å². The Labute approximate surface area is 292 Å². The molecule has 0 radical (unpaired) electrons. The van der Waals surface area contributed by atoms with Crippen molar-refractivity contribution < 1.29 is 0 Å². The molecule has 238 valence electrons. The van der Waals surface area contributed by atoms with Gasteiger partial charge in [0.25, 0.3) is 0 Å². The summed E-state index contributed by atoms with van der Waals surface area (Å²) in [5, 5.41) is 13.3. The van der Waals surface area contributed by atoms with E-state index in [1.165, 1.54) is 65.0 Å². The van der Waals surface area contributed by atoms with Gasteiger partial charge in [-0.3, -0.25) is 4.57 Å². The van der Waals surface area contributed by atoms with Gasteiger partial charge in [0.05, 0.1) is 38.8 Å². The second-order valence-corrected chi connectivity index (χ2v) is 13.5. The fraction of sp³-hybridized carbons (Fsp3) is 0.0213. The van der Waals surface area contributed by atoms with E-state index < -0.39 is 0 Å². The number of benzene rings is 7. The zero-order valence-corrected chi connectivity index (χ0v) is 27.9. The standard InChI is InChI=1S/C47H30N4/c1-3-4-5-14-28(2)45-42-32-18-9-7-15-29(32)23-25-36(42)48-47(49-45)51-38-22-13-10-19-33(38)43-40(51)27-35-41-31-17-8-6-16-30(31)24-26-39(41)50-37-21-12-11-20-34(37)44(43)46(35)50/h3-27H,1H2,2H3/b5-4-,28-14+. The number of aromatic nitrogens is 4. The molecule has 0 N–H and O–H groups in total. The lowest BCUT2D eigenvalue weighted by molar-refractivity contribution is 1.00. The van der Waals surface area contributed by atoms with Crippen LogP contribution >= 0.6 is 0 Å². The fourth-order valence-electron chi connectivity index (χ4n) is 8.63. The second-order valence-electron chi connectivity index (χ2n) is 13.5. The van der Waals surface area contributed by atoms with Crippen LogP contribution in [0, 0.1) is 0 Å². The Morgan fingerprint density at radius 1 is 0.549 bits per heavy atom. The number of allylic oxidation sites excluding steroid dienone is 5. The average molecular weight is 651 g/mol. The maximum Gasteiger partial charge on any atom is 0.235 e. The number of rotatable bonds is 4. The molecule has 0 unspecified atom stereocenters. The smallest absolute Gasteiger partial charge is 0.235 e. The van der Waals surface area contributed by atoms with Gasteiger partial charge in [-0.05, 0) is 64.4 Å². The molecule has 7 aromatic carbocycles. The molecule has 11 aromatic rings. The van der Waals surface area contributed by atoms with Gasteiger partial charge in [-0.1, -0.05) is 128 Å². The van der Waals surface area contributed by atoms with Gasteiger partial charge in [0, 0.05) is 37.7 Å². The van der Waals surface area contributed by atoms with E-state index in [0.29, 0.717) is 5.95 Å². The third kappa shape index (κ3) is 3.73. The van der Waals surface area contributed by atoms with E-state index in [0.717, 1.165) is 38.6 Å². The first-order valence-electron chi connectivity index (χ1n) is 17.4. The van der Waals surface area contributed by atoms with Crippen LogP contribution in [0.1, 0.15) is 12.6 Å². The Morgan fingerprint density at radius 3 is 1.96 bits per heavy atom. The van der Waals surface area contributed by atoms with E-state index in [4.69, 9.17) is 9.97 Å². The Morgan fingerprint density at radius 2 is 1.20 bits per heavy atom. The van der Waals surface area contributed by atoms with Gasteiger partial charge in [0.2, 0.25) is 5.95 Å². The first-order chi connectivity index (χ1) is 25.2. The molecule has 0 saturated carbocycles. The van der Waals surface area contributed by atoms with E-state index in [2.05, 4.69) is 156 Å². The monoisotopic (exact) mass is 650 g/mol. The summed E-state index contributed by atoms with van der Waals surface area (Å²) >= 11 is 0. The molecule has 0 aliphatic rings. The maximum atomic E-state index is 5.48. The fourth-order valence-corrected chi connectivity index (χ4v) is 8.63. The zero-order chi connectivity index (χ0) is 33.8. The summed E-state index contributed by atoms with van der Waals surface area (Å²) in [6.45, 7) is 6.00. The van der Waals surface area contributed by atoms with Crippen molar-refractivity contribution >= 4 is 97.9 Å². The SMILES string of the molecule is C=C/C=C\C=C(/C)c1nc(-n2c3ccccc3c3c4c5ccccc5n5c6ccc7ccccc7c6c(cc32)c45)nc2ccc3ccccc3c12. The van der Waals surface area contributed by atoms with Crippen LogP contribution in [0.15, 0.2) is 158 Å². The van der Waals surface area contributed by atoms with Crippen molar-refractivity contribution in [3.05, 3.63) is 164 Å². The third-order valence-corrected chi connectivity index (χ3v) is 10.7. The quantitative estimate of drug-likeness (QED) is 0.140. The van der Waals surface area contributed by atoms with Crippen LogP contribution in [0.5, 0.6) is 0 Å². The largest absolute Gasteiger partial charge is 0.308 e. The molecule has 4 nitrogen and oxygen atoms in total. The molecule has 0 bridgehead atoms. The van der Waals surface area contributed by atoms with Gasteiger partial charge in [-0.15, -0.1) is 0 Å². The summed E-state index contributed by atoms with van der Waals surface area (Å²) in [7, 11) is 0. The first kappa shape index (κ1) is 28.1. The molecule has 0 aliphatic carbocycles. The lowest BCUT2D eigenvalue weighted by Gasteiger charge is -2.14. The van der Waals surface area contributed by atoms with Crippen LogP contribution in [-0.2, 0) is 0 Å². The van der Waals surface area contributed by atoms with Crippen molar-refractivity contribution in [3.63, 3.8) is 0 Å². The van der Waals surface area contributed by atoms with Crippen LogP contribution in [0.2, 0.25) is 0 Å². The van der Waals surface area contributed by atoms with E-state index in [-0.39, 0.29) is 0 Å². The Kier molecular flexibility index (Phi) is 5.71. The summed E-state index contributed by atoms with van der Waals surface area (Å²) in [6, 6.07) is 46.1. The van der Waals surface area contributed by atoms with E-state index in [1.54, 1.807) is 6.08 Å². The zero-order valence-electron chi connectivity index (χ0n) is 27.9. The topological polar surface area (TPSA) is 35.1 Å². The third-order valence-electron chi connectivity index (χ3n) is 10.7. The van der Waals surface area contributed by atoms with Gasteiger partial charge < -0.3 is 4.40 Å². The molecular weight excluding hydrogens is 621 g/mol. The number of para-hydroxylation sites is 2. The number of fused-ring (bicyclic) bond motifs is 15. The molecule has 0 aliphatic heterocycles. The van der Waals surface area contributed by atoms with Gasteiger partial charge in [-0.2, -0.15) is 0 Å². The van der Waals surface area contributed by atoms with Crippen molar-refractivity contribution in [1.29, 1.82) is 0 Å². The van der Waals surface area contributed by atoms with Gasteiger partial charge in [0.15, 0.2) is 0 Å². The van der Waals surface area contributed by atoms with E-state index in [1.807, 2.05) is 12.2 Å². The van der Waals surface area contributed by atoms with Crippen molar-refractivity contribution in [2.24, 2.45) is 0 Å². The minimum absolute atomic E-state index is 0.658. The molecule has 4 heterocycles. The Balaban J connectivity index is 1.36. The summed E-state index contributed by atoms with van der Waals surface area (Å²) in [4.78, 5) is 10.9. The summed E-state index contributed by atoms with van der Waals surface area (Å²) in [6.07, 6.45) is 7.88. The van der Waals surface area contributed by atoms with Crippen LogP contribution in [-0.4, -0.2) is 18.9 Å². The number of hydrogen-bond donors (Lipinski definition) is 0. The molecule has 4 heteroatoms. The van der Waals surface area contributed by atoms with Crippen molar-refractivity contribution in [1.82, 2.24) is 18.9 Å². The highest BCUT2D eigenvalue weighted by atomic mass is 15.2. The average Bonchev–Trinajstić information content (AvgIpc) is 3.82. The lowest BCUT2D eigenvalue weighted by atomic mass is 9.99. The molecule has 0 spiro atoms. The summed E-state index contributed by atoms with van der Waals surface area (Å²) in [5.74, 6) is 0.658. The highest BCUT2D eigenvalue weighted by Crippen LogP contribution is 2.48. The molecule has 51 heavy (non-hydrogen) atoms. The normalized spacial score (nSPS) is 12.9. The highest BCUT2D eigenvalue weighted by Gasteiger charge is 2.26. The Bertz CT molecular complexity index is 3330. The lowest BCUT2D eigenvalue weighted by Crippen LogP contribution is -2.05. The Hall–Kier alpha value is -6.78. The minimum atomic E-state index is 0.658. The van der Waals surface area contributed by atoms with Crippen molar-refractivity contribution in [3.8, 4) is 5.95 Å². The van der Waals surface area contributed by atoms with Crippen LogP contribution in [0.3, 0.4) is 0 Å². The van der Waals surface area contributed by atoms with Gasteiger partial charge in [-0.25, -0.2) is 9.97 Å². The highest BCUT2D eigenvalue weighted by molar-refractivity contribution is 6.37. The van der Waals surface area contributed by atoms with Crippen molar-refractivity contribution in [2.75, 3.05) is 0 Å². The predicted molar refractivity (Wildman–Crippen MR) is 217 cm³/mol. The predicted octanol–water partition coefficient (Wildman–Crippen LogP) is 12.3. The first-order valence-corrected chi connectivity index (χ1v) is 17.4. The molecule has 4 aromatic heterocycles. The van der Waals surface area contributed by atoms with Gasteiger partial charge in [0.1, 0.15) is 0 Å². The van der Waals surface area contributed by atoms with Crippen LogP contribution in [0.25, 0.3) is 104 Å². The molecule has 11 rings (SSSR count). The summed E-state index contributed by atoms with van der Waals surface area (Å²) in [5.41, 5.74) is 8.78. The molecule has 0 atom stereocenters. The molecule has 0 amide bonds. The van der Waals surface area contributed by atoms with Crippen LogP contribution in [0.4, 0.5) is 0 Å². The van der Waals surface area contributed by atoms with E-state index >= 15 is 0 Å². The number of nitrogens with zero attached hydrogens (tertiary/aromatic N) is 4. The van der Waals surface area contributed by atoms with Gasteiger partial charge >= 0.3 is 0 Å². The summed E-state index contributed by atoms with van der Waals surface area (Å²) < 4.78 is 4.77. The molecule has 0 saturated heterocycles. The molecular formula is C47H30N4. The minimum Gasteiger partial charge on any atom is -0.308 e.